The topological polar surface area (TPSA) is 97.6 Å². The average Bonchev–Trinajstić information content (AvgIpc) is 2.70. The fourth-order valence-corrected chi connectivity index (χ4v) is 1.80. The number of ketones is 1. The lowest BCUT2D eigenvalue weighted by Crippen LogP contribution is -2.34. The predicted octanol–water partition coefficient (Wildman–Crippen LogP) is 0.926. The summed E-state index contributed by atoms with van der Waals surface area (Å²) < 4.78 is 0. The van der Waals surface area contributed by atoms with Crippen LogP contribution >= 0.6 is 0 Å². The predicted molar refractivity (Wildman–Crippen MR) is 63.4 cm³/mol. The van der Waals surface area contributed by atoms with Crippen LogP contribution in [0.4, 0.5) is 5.69 Å². The first-order chi connectivity index (χ1) is 8.99. The highest BCUT2D eigenvalue weighted by Gasteiger charge is 2.30. The number of amides is 2. The lowest BCUT2D eigenvalue weighted by atomic mass is 10.1. The summed E-state index contributed by atoms with van der Waals surface area (Å²) in [6, 6.07) is 5.04. The molecule has 1 aromatic rings. The van der Waals surface area contributed by atoms with Crippen LogP contribution in [0.2, 0.25) is 0 Å². The molecule has 0 atom stereocenters. The molecule has 1 aromatic carbocycles. The Labute approximate surface area is 108 Å². The van der Waals surface area contributed by atoms with E-state index in [0.29, 0.717) is 0 Å². The maximum Gasteiger partial charge on any atom is 0.269 e. The number of benzene rings is 1. The molecule has 0 bridgehead atoms. The molecule has 7 heteroatoms. The van der Waals surface area contributed by atoms with Gasteiger partial charge in [0, 0.05) is 30.5 Å². The fraction of sp³-hybridized carbons (Fsp3) is 0.250. The summed E-state index contributed by atoms with van der Waals surface area (Å²) in [5, 5.41) is 10.5. The summed E-state index contributed by atoms with van der Waals surface area (Å²) in [5.41, 5.74) is 0.114. The van der Waals surface area contributed by atoms with Gasteiger partial charge in [-0.05, 0) is 12.1 Å². The molecule has 0 spiro atoms. The van der Waals surface area contributed by atoms with Crippen molar-refractivity contribution in [3.8, 4) is 0 Å². The number of non-ortho nitro benzene ring substituents is 1. The minimum Gasteiger partial charge on any atom is -0.292 e. The van der Waals surface area contributed by atoms with E-state index < -0.39 is 10.7 Å². The number of nitro benzene ring substituents is 1. The van der Waals surface area contributed by atoms with Gasteiger partial charge in [0.05, 0.1) is 11.5 Å². The zero-order chi connectivity index (χ0) is 14.0. The van der Waals surface area contributed by atoms with Crippen LogP contribution in [0.5, 0.6) is 0 Å². The summed E-state index contributed by atoms with van der Waals surface area (Å²) in [7, 11) is 0. The van der Waals surface area contributed by atoms with Crippen molar-refractivity contribution in [2.45, 2.75) is 12.8 Å². The third-order valence-corrected chi connectivity index (χ3v) is 2.86. The van der Waals surface area contributed by atoms with Crippen LogP contribution in [0.15, 0.2) is 24.3 Å². The lowest BCUT2D eigenvalue weighted by molar-refractivity contribution is -0.384. The van der Waals surface area contributed by atoms with Gasteiger partial charge in [-0.1, -0.05) is 0 Å². The Morgan fingerprint density at radius 3 is 2.16 bits per heavy atom. The van der Waals surface area contributed by atoms with Crippen molar-refractivity contribution < 1.29 is 19.3 Å². The minimum atomic E-state index is -0.568. The zero-order valence-electron chi connectivity index (χ0n) is 9.87. The van der Waals surface area contributed by atoms with Crippen LogP contribution in [-0.4, -0.2) is 34.0 Å². The molecule has 0 radical (unpaired) electrons. The number of imide groups is 1. The second kappa shape index (κ2) is 4.97. The Balaban J connectivity index is 2.09. The maximum atomic E-state index is 11.9. The van der Waals surface area contributed by atoms with Gasteiger partial charge in [-0.3, -0.25) is 29.4 Å². The number of carbonyl (C=O) groups excluding carboxylic acids is 3. The van der Waals surface area contributed by atoms with Gasteiger partial charge in [-0.2, -0.15) is 0 Å². The Morgan fingerprint density at radius 2 is 1.68 bits per heavy atom. The van der Waals surface area contributed by atoms with Crippen molar-refractivity contribution in [1.29, 1.82) is 0 Å². The van der Waals surface area contributed by atoms with Gasteiger partial charge in [0.2, 0.25) is 11.8 Å². The molecule has 98 valence electrons. The first kappa shape index (κ1) is 12.9. The van der Waals surface area contributed by atoms with E-state index in [1.165, 1.54) is 24.3 Å². The third-order valence-electron chi connectivity index (χ3n) is 2.86. The van der Waals surface area contributed by atoms with E-state index in [1.807, 2.05) is 0 Å². The number of rotatable bonds is 4. The molecule has 0 aromatic heterocycles. The summed E-state index contributed by atoms with van der Waals surface area (Å²) >= 11 is 0. The van der Waals surface area contributed by atoms with Gasteiger partial charge in [-0.25, -0.2) is 0 Å². The van der Waals surface area contributed by atoms with E-state index in [0.717, 1.165) is 4.90 Å². The average molecular weight is 262 g/mol. The van der Waals surface area contributed by atoms with E-state index in [9.17, 15) is 24.5 Å². The van der Waals surface area contributed by atoms with E-state index in [-0.39, 0.29) is 42.5 Å². The van der Waals surface area contributed by atoms with Gasteiger partial charge in [0.25, 0.3) is 5.69 Å². The molecule has 7 nitrogen and oxygen atoms in total. The molecular weight excluding hydrogens is 252 g/mol. The largest absolute Gasteiger partial charge is 0.292 e. The van der Waals surface area contributed by atoms with Crippen LogP contribution in [0.25, 0.3) is 0 Å². The minimum absolute atomic E-state index is 0.120. The van der Waals surface area contributed by atoms with Crippen LogP contribution in [0, 0.1) is 10.1 Å². The van der Waals surface area contributed by atoms with Crippen molar-refractivity contribution in [3.63, 3.8) is 0 Å². The second-order valence-corrected chi connectivity index (χ2v) is 4.10. The number of hydrogen-bond donors (Lipinski definition) is 0. The van der Waals surface area contributed by atoms with Crippen molar-refractivity contribution in [1.82, 2.24) is 4.90 Å². The van der Waals surface area contributed by atoms with Crippen molar-refractivity contribution in [2.75, 3.05) is 6.54 Å². The highest BCUT2D eigenvalue weighted by molar-refractivity contribution is 6.07. The van der Waals surface area contributed by atoms with Crippen LogP contribution in [0.1, 0.15) is 23.2 Å². The highest BCUT2D eigenvalue weighted by atomic mass is 16.6. The molecule has 0 aliphatic carbocycles. The van der Waals surface area contributed by atoms with E-state index in [2.05, 4.69) is 0 Å². The van der Waals surface area contributed by atoms with E-state index in [1.54, 1.807) is 0 Å². The van der Waals surface area contributed by atoms with Crippen molar-refractivity contribution in [2.24, 2.45) is 0 Å². The molecule has 0 saturated carbocycles. The Hall–Kier alpha value is -2.57. The van der Waals surface area contributed by atoms with Crippen LogP contribution in [0.3, 0.4) is 0 Å². The first-order valence-corrected chi connectivity index (χ1v) is 5.60. The summed E-state index contributed by atoms with van der Waals surface area (Å²) in [5.74, 6) is -1.14. The molecule has 1 aliphatic rings. The van der Waals surface area contributed by atoms with Gasteiger partial charge < -0.3 is 0 Å². The van der Waals surface area contributed by atoms with E-state index >= 15 is 0 Å². The Morgan fingerprint density at radius 1 is 1.16 bits per heavy atom. The van der Waals surface area contributed by atoms with Crippen LogP contribution in [-0.2, 0) is 9.59 Å². The normalized spacial score (nSPS) is 14.8. The van der Waals surface area contributed by atoms with Crippen molar-refractivity contribution in [3.05, 3.63) is 39.9 Å². The SMILES string of the molecule is O=C(CN1C(=O)CCC1=O)c1ccc([N+](=O)[O-])cc1. The second-order valence-electron chi connectivity index (χ2n) is 4.10. The number of likely N-dealkylation sites (tertiary alicyclic amines) is 1. The quantitative estimate of drug-likeness (QED) is 0.348. The summed E-state index contributed by atoms with van der Waals surface area (Å²) in [4.78, 5) is 45.4. The van der Waals surface area contributed by atoms with Gasteiger partial charge in [0.1, 0.15) is 0 Å². The molecular formula is C12H10N2O5. The Kier molecular flexibility index (Phi) is 3.37. The smallest absolute Gasteiger partial charge is 0.269 e. The molecule has 19 heavy (non-hydrogen) atoms. The Bertz CT molecular complexity index is 548. The van der Waals surface area contributed by atoms with E-state index in [4.69, 9.17) is 0 Å². The molecule has 0 N–H and O–H groups in total. The number of nitro groups is 1. The van der Waals surface area contributed by atoms with Gasteiger partial charge in [0.15, 0.2) is 5.78 Å². The number of hydrogen-bond acceptors (Lipinski definition) is 5. The molecule has 1 saturated heterocycles. The lowest BCUT2D eigenvalue weighted by Gasteiger charge is -2.12. The maximum absolute atomic E-state index is 11.9. The van der Waals surface area contributed by atoms with Crippen molar-refractivity contribution >= 4 is 23.3 Å². The molecule has 1 fully saturated rings. The number of nitrogens with zero attached hydrogens (tertiary/aromatic N) is 2. The molecule has 1 aliphatic heterocycles. The first-order valence-electron chi connectivity index (χ1n) is 5.60. The molecule has 0 unspecified atom stereocenters. The number of carbonyl (C=O) groups is 3. The van der Waals surface area contributed by atoms with Gasteiger partial charge in [-0.15, -0.1) is 0 Å². The summed E-state index contributed by atoms with van der Waals surface area (Å²) in [6.45, 7) is -0.310. The van der Waals surface area contributed by atoms with Gasteiger partial charge >= 0.3 is 0 Å². The molecule has 1 heterocycles. The van der Waals surface area contributed by atoms with Crippen LogP contribution < -0.4 is 0 Å². The monoisotopic (exact) mass is 262 g/mol. The zero-order valence-corrected chi connectivity index (χ0v) is 9.87. The number of Topliss-reactive ketones (excluding diaryl/α,β-unsaturated/α-hetero) is 1. The third kappa shape index (κ3) is 2.65. The highest BCUT2D eigenvalue weighted by Crippen LogP contribution is 2.15. The molecule has 2 rings (SSSR count). The fourth-order valence-electron chi connectivity index (χ4n) is 1.80. The summed E-state index contributed by atoms with van der Waals surface area (Å²) in [6.07, 6.45) is 0.263. The standard InChI is InChI=1S/C12H10N2O5/c15-10(7-13-11(16)5-6-12(13)17)8-1-3-9(4-2-8)14(18)19/h1-4H,5-7H2. The molecule has 2 amide bonds.